The lowest BCUT2D eigenvalue weighted by atomic mass is 10.1. The second kappa shape index (κ2) is 12.2. The van der Waals surface area contributed by atoms with Crippen LogP contribution in [-0.2, 0) is 22.5 Å². The average molecular weight is 517 g/mol. The smallest absolute Gasteiger partial charge is 0.254 e. The molecule has 0 bridgehead atoms. The molecule has 0 radical (unpaired) electrons. The number of rotatable bonds is 10. The van der Waals surface area contributed by atoms with Crippen LogP contribution in [0.5, 0.6) is 5.75 Å². The molecular weight excluding hydrogens is 483 g/mol. The molecule has 0 aromatic heterocycles. The normalized spacial score (nSPS) is 17.1. The van der Waals surface area contributed by atoms with Gasteiger partial charge in [-0.15, -0.1) is 0 Å². The van der Waals surface area contributed by atoms with Crippen LogP contribution in [0, 0.1) is 5.82 Å². The van der Waals surface area contributed by atoms with E-state index in [2.05, 4.69) is 0 Å². The van der Waals surface area contributed by atoms with Crippen LogP contribution in [0.1, 0.15) is 47.2 Å². The topological polar surface area (TPSA) is 59.1 Å². The van der Waals surface area contributed by atoms with Crippen molar-refractivity contribution in [1.82, 2.24) is 4.90 Å². The number of halogens is 1. The highest BCUT2D eigenvalue weighted by atomic mass is 19.1. The third kappa shape index (κ3) is 6.40. The summed E-state index contributed by atoms with van der Waals surface area (Å²) < 4.78 is 25.7. The van der Waals surface area contributed by atoms with Gasteiger partial charge in [0, 0.05) is 50.3 Å². The van der Waals surface area contributed by atoms with Gasteiger partial charge in [0.05, 0.1) is 12.7 Å². The van der Waals surface area contributed by atoms with Crippen LogP contribution in [-0.4, -0.2) is 49.1 Å². The Labute approximate surface area is 223 Å². The Morgan fingerprint density at radius 3 is 2.71 bits per heavy atom. The first-order valence-electron chi connectivity index (χ1n) is 13.3. The number of ether oxygens (including phenoxy) is 2. The van der Waals surface area contributed by atoms with Crippen molar-refractivity contribution in [1.29, 1.82) is 0 Å². The van der Waals surface area contributed by atoms with E-state index in [9.17, 15) is 14.0 Å². The lowest BCUT2D eigenvalue weighted by Crippen LogP contribution is -2.37. The van der Waals surface area contributed by atoms with Crippen molar-refractivity contribution in [3.05, 3.63) is 95.3 Å². The van der Waals surface area contributed by atoms with Gasteiger partial charge >= 0.3 is 0 Å². The van der Waals surface area contributed by atoms with E-state index >= 15 is 0 Å². The van der Waals surface area contributed by atoms with Gasteiger partial charge in [0.15, 0.2) is 0 Å². The molecule has 2 saturated heterocycles. The van der Waals surface area contributed by atoms with Crippen molar-refractivity contribution in [2.24, 2.45) is 0 Å². The molecule has 0 aliphatic carbocycles. The van der Waals surface area contributed by atoms with Crippen molar-refractivity contribution in [3.63, 3.8) is 0 Å². The molecule has 2 fully saturated rings. The molecule has 1 atom stereocenters. The molecular formula is C31H33FN2O4. The predicted molar refractivity (Wildman–Crippen MR) is 144 cm³/mol. The van der Waals surface area contributed by atoms with Crippen molar-refractivity contribution in [2.45, 2.75) is 44.8 Å². The number of anilines is 1. The van der Waals surface area contributed by atoms with Gasteiger partial charge in [0.1, 0.15) is 11.6 Å². The van der Waals surface area contributed by atoms with Crippen molar-refractivity contribution < 1.29 is 23.5 Å². The molecule has 3 aromatic rings. The van der Waals surface area contributed by atoms with Gasteiger partial charge in [-0.3, -0.25) is 9.59 Å². The number of hydrogen-bond acceptors (Lipinski definition) is 4. The molecule has 0 unspecified atom stereocenters. The molecule has 5 rings (SSSR count). The highest BCUT2D eigenvalue weighted by molar-refractivity contribution is 5.99. The number of carbonyl (C=O) groups is 2. The van der Waals surface area contributed by atoms with E-state index in [-0.39, 0.29) is 23.7 Å². The maximum Gasteiger partial charge on any atom is 0.254 e. The Morgan fingerprint density at radius 2 is 1.92 bits per heavy atom. The third-order valence-corrected chi connectivity index (χ3v) is 7.08. The van der Waals surface area contributed by atoms with Gasteiger partial charge in [0.25, 0.3) is 5.91 Å². The summed E-state index contributed by atoms with van der Waals surface area (Å²) in [6.45, 7) is 2.63. The van der Waals surface area contributed by atoms with Crippen LogP contribution in [0.3, 0.4) is 0 Å². The van der Waals surface area contributed by atoms with Gasteiger partial charge in [-0.25, -0.2) is 4.39 Å². The first-order valence-corrected chi connectivity index (χ1v) is 13.3. The zero-order valence-corrected chi connectivity index (χ0v) is 21.5. The molecule has 0 spiro atoms. The van der Waals surface area contributed by atoms with Crippen LogP contribution in [0.2, 0.25) is 0 Å². The summed E-state index contributed by atoms with van der Waals surface area (Å²) in [6, 6.07) is 21.7. The zero-order chi connectivity index (χ0) is 26.3. The van der Waals surface area contributed by atoms with Crippen LogP contribution in [0.25, 0.3) is 0 Å². The molecule has 2 amide bonds. The first-order chi connectivity index (χ1) is 18.6. The Bertz CT molecular complexity index is 1270. The molecule has 38 heavy (non-hydrogen) atoms. The SMILES string of the molecule is O=C(c1cccc(N2CCCC2=O)c1)N(Cc1cccc(OCCc2ccccc2F)c1)C[C@H]1CCCO1. The van der Waals surface area contributed by atoms with E-state index in [1.807, 2.05) is 53.4 Å². The second-order valence-corrected chi connectivity index (χ2v) is 9.86. The second-order valence-electron chi connectivity index (χ2n) is 9.86. The minimum absolute atomic E-state index is 0.00231. The summed E-state index contributed by atoms with van der Waals surface area (Å²) >= 11 is 0. The van der Waals surface area contributed by atoms with Crippen molar-refractivity contribution in [2.75, 3.05) is 31.2 Å². The van der Waals surface area contributed by atoms with Gasteiger partial charge in [-0.05, 0) is 66.8 Å². The number of carbonyl (C=O) groups excluding carboxylic acids is 2. The van der Waals surface area contributed by atoms with Gasteiger partial charge in [0.2, 0.25) is 5.91 Å². The van der Waals surface area contributed by atoms with Crippen LogP contribution in [0.4, 0.5) is 10.1 Å². The predicted octanol–water partition coefficient (Wildman–Crippen LogP) is 5.40. The quantitative estimate of drug-likeness (QED) is 0.362. The molecule has 198 valence electrons. The summed E-state index contributed by atoms with van der Waals surface area (Å²) in [7, 11) is 0. The van der Waals surface area contributed by atoms with E-state index < -0.39 is 0 Å². The zero-order valence-electron chi connectivity index (χ0n) is 21.5. The largest absolute Gasteiger partial charge is 0.493 e. The molecule has 0 saturated carbocycles. The maximum atomic E-state index is 13.9. The standard InChI is InChI=1S/C31H33FN2O4/c32-29-13-2-1-8-24(29)15-18-38-27-11-3-7-23(19-27)21-33(22-28-12-6-17-37-28)31(36)25-9-4-10-26(20-25)34-16-5-14-30(34)35/h1-4,7-11,13,19-20,28H,5-6,12,14-18,21-22H2/t28-/m1/s1. The van der Waals surface area contributed by atoms with Crippen LogP contribution in [0.15, 0.2) is 72.8 Å². The van der Waals surface area contributed by atoms with Gasteiger partial charge in [-0.2, -0.15) is 0 Å². The molecule has 2 aliphatic rings. The number of nitrogens with zero attached hydrogens (tertiary/aromatic N) is 2. The van der Waals surface area contributed by atoms with E-state index in [1.54, 1.807) is 23.1 Å². The van der Waals surface area contributed by atoms with Crippen molar-refractivity contribution >= 4 is 17.5 Å². The molecule has 3 aromatic carbocycles. The fraction of sp³-hybridized carbons (Fsp3) is 0.355. The Hall–Kier alpha value is -3.71. The minimum Gasteiger partial charge on any atom is -0.493 e. The highest BCUT2D eigenvalue weighted by Crippen LogP contribution is 2.25. The first kappa shape index (κ1) is 25.9. The fourth-order valence-electron chi connectivity index (χ4n) is 5.10. The van der Waals surface area contributed by atoms with E-state index in [1.165, 1.54) is 6.07 Å². The third-order valence-electron chi connectivity index (χ3n) is 7.08. The van der Waals surface area contributed by atoms with E-state index in [0.717, 1.165) is 30.5 Å². The van der Waals surface area contributed by atoms with E-state index in [4.69, 9.17) is 9.47 Å². The van der Waals surface area contributed by atoms with Gasteiger partial charge in [-0.1, -0.05) is 36.4 Å². The highest BCUT2D eigenvalue weighted by Gasteiger charge is 2.26. The molecule has 6 nitrogen and oxygen atoms in total. The summed E-state index contributed by atoms with van der Waals surface area (Å²) in [6.07, 6.45) is 3.76. The number of amides is 2. The summed E-state index contributed by atoms with van der Waals surface area (Å²) in [5.41, 5.74) is 2.87. The molecule has 7 heteroatoms. The molecule has 0 N–H and O–H groups in total. The minimum atomic E-state index is -0.230. The van der Waals surface area contributed by atoms with Gasteiger partial charge < -0.3 is 19.3 Å². The monoisotopic (exact) mass is 516 g/mol. The average Bonchev–Trinajstić information content (AvgIpc) is 3.61. The lowest BCUT2D eigenvalue weighted by Gasteiger charge is -2.26. The summed E-state index contributed by atoms with van der Waals surface area (Å²) in [5.74, 6) is 0.446. The Balaban J connectivity index is 1.29. The Morgan fingerprint density at radius 1 is 1.05 bits per heavy atom. The fourth-order valence-corrected chi connectivity index (χ4v) is 5.10. The van der Waals surface area contributed by atoms with E-state index in [0.29, 0.717) is 62.6 Å². The number of hydrogen-bond donors (Lipinski definition) is 0. The summed E-state index contributed by atoms with van der Waals surface area (Å²) in [4.78, 5) is 29.6. The summed E-state index contributed by atoms with van der Waals surface area (Å²) in [5, 5.41) is 0. The van der Waals surface area contributed by atoms with Crippen LogP contribution >= 0.6 is 0 Å². The molecule has 2 heterocycles. The maximum absolute atomic E-state index is 13.9. The Kier molecular flexibility index (Phi) is 8.34. The number of benzene rings is 3. The van der Waals surface area contributed by atoms with Crippen LogP contribution < -0.4 is 9.64 Å². The lowest BCUT2D eigenvalue weighted by molar-refractivity contribution is -0.117. The molecule has 2 aliphatic heterocycles. The van der Waals surface area contributed by atoms with Crippen molar-refractivity contribution in [3.8, 4) is 5.75 Å².